The molecule has 1 N–H and O–H groups in total. The van der Waals surface area contributed by atoms with Crippen molar-refractivity contribution >= 4 is 17.3 Å². The number of hydrogen-bond acceptors (Lipinski definition) is 3. The standard InChI is InChI=1S/C11H16ClNO2/c1-8(14)7-13(2)9-4-5-11(15-3)10(12)6-9/h4-6,8,14H,7H2,1-3H3. The smallest absolute Gasteiger partial charge is 0.137 e. The zero-order valence-corrected chi connectivity index (χ0v) is 9.95. The van der Waals surface area contributed by atoms with E-state index in [0.29, 0.717) is 17.3 Å². The van der Waals surface area contributed by atoms with E-state index in [1.807, 2.05) is 30.1 Å². The molecule has 0 radical (unpaired) electrons. The summed E-state index contributed by atoms with van der Waals surface area (Å²) in [6.07, 6.45) is -0.365. The Morgan fingerprint density at radius 2 is 2.20 bits per heavy atom. The molecule has 0 aliphatic carbocycles. The van der Waals surface area contributed by atoms with Crippen molar-refractivity contribution < 1.29 is 9.84 Å². The summed E-state index contributed by atoms with van der Waals surface area (Å²) < 4.78 is 5.06. The van der Waals surface area contributed by atoms with Crippen molar-refractivity contribution in [1.82, 2.24) is 0 Å². The maximum atomic E-state index is 9.25. The average molecular weight is 230 g/mol. The van der Waals surface area contributed by atoms with E-state index in [-0.39, 0.29) is 6.10 Å². The Balaban J connectivity index is 2.82. The fourth-order valence-corrected chi connectivity index (χ4v) is 1.65. The zero-order chi connectivity index (χ0) is 11.4. The second kappa shape index (κ2) is 5.24. The van der Waals surface area contributed by atoms with Gasteiger partial charge in [0.15, 0.2) is 0 Å². The lowest BCUT2D eigenvalue weighted by Crippen LogP contribution is -2.26. The van der Waals surface area contributed by atoms with E-state index in [4.69, 9.17) is 16.3 Å². The van der Waals surface area contributed by atoms with Gasteiger partial charge >= 0.3 is 0 Å². The first-order valence-electron chi connectivity index (χ1n) is 4.77. The average Bonchev–Trinajstić information content (AvgIpc) is 2.16. The highest BCUT2D eigenvalue weighted by molar-refractivity contribution is 6.32. The Kier molecular flexibility index (Phi) is 4.24. The molecule has 0 saturated carbocycles. The third-order valence-electron chi connectivity index (χ3n) is 2.11. The molecule has 4 heteroatoms. The lowest BCUT2D eigenvalue weighted by Gasteiger charge is -2.21. The first-order chi connectivity index (χ1) is 7.04. The lowest BCUT2D eigenvalue weighted by atomic mass is 10.2. The lowest BCUT2D eigenvalue weighted by molar-refractivity contribution is 0.201. The van der Waals surface area contributed by atoms with Crippen molar-refractivity contribution in [3.63, 3.8) is 0 Å². The van der Waals surface area contributed by atoms with Crippen molar-refractivity contribution in [3.05, 3.63) is 23.2 Å². The van der Waals surface area contributed by atoms with Crippen LogP contribution in [0.2, 0.25) is 5.02 Å². The van der Waals surface area contributed by atoms with Gasteiger partial charge in [0.25, 0.3) is 0 Å². The monoisotopic (exact) mass is 229 g/mol. The molecule has 3 nitrogen and oxygen atoms in total. The van der Waals surface area contributed by atoms with Crippen LogP contribution in [0.15, 0.2) is 18.2 Å². The van der Waals surface area contributed by atoms with Gasteiger partial charge in [0, 0.05) is 19.3 Å². The molecule has 84 valence electrons. The highest BCUT2D eigenvalue weighted by Crippen LogP contribution is 2.28. The number of halogens is 1. The maximum absolute atomic E-state index is 9.25. The van der Waals surface area contributed by atoms with Gasteiger partial charge in [-0.25, -0.2) is 0 Å². The molecule has 0 spiro atoms. The number of nitrogens with zero attached hydrogens (tertiary/aromatic N) is 1. The minimum atomic E-state index is -0.365. The second-order valence-corrected chi connectivity index (χ2v) is 3.96. The summed E-state index contributed by atoms with van der Waals surface area (Å²) in [7, 11) is 3.49. The number of hydrogen-bond donors (Lipinski definition) is 1. The van der Waals surface area contributed by atoms with Crippen LogP contribution < -0.4 is 9.64 Å². The number of likely N-dealkylation sites (N-methyl/N-ethyl adjacent to an activating group) is 1. The summed E-state index contributed by atoms with van der Waals surface area (Å²) in [5.41, 5.74) is 0.960. The van der Waals surface area contributed by atoms with Crippen LogP contribution in [-0.2, 0) is 0 Å². The van der Waals surface area contributed by atoms with Crippen molar-refractivity contribution in [2.45, 2.75) is 13.0 Å². The Labute approximate surface area is 95.2 Å². The van der Waals surface area contributed by atoms with E-state index in [1.165, 1.54) is 0 Å². The van der Waals surface area contributed by atoms with Crippen LogP contribution in [0.1, 0.15) is 6.92 Å². The van der Waals surface area contributed by atoms with Crippen LogP contribution in [0.4, 0.5) is 5.69 Å². The Morgan fingerprint density at radius 1 is 1.53 bits per heavy atom. The molecule has 1 rings (SSSR count). The van der Waals surface area contributed by atoms with E-state index < -0.39 is 0 Å². The molecule has 0 aromatic heterocycles. The number of rotatable bonds is 4. The zero-order valence-electron chi connectivity index (χ0n) is 9.20. The molecule has 1 unspecified atom stereocenters. The van der Waals surface area contributed by atoms with Crippen LogP contribution in [0, 0.1) is 0 Å². The van der Waals surface area contributed by atoms with Gasteiger partial charge in [-0.05, 0) is 25.1 Å². The van der Waals surface area contributed by atoms with Crippen LogP contribution in [0.3, 0.4) is 0 Å². The first kappa shape index (κ1) is 12.1. The summed E-state index contributed by atoms with van der Waals surface area (Å²) in [4.78, 5) is 1.94. The summed E-state index contributed by atoms with van der Waals surface area (Å²) in [5, 5.41) is 9.83. The molecule has 0 amide bonds. The van der Waals surface area contributed by atoms with E-state index in [0.717, 1.165) is 5.69 Å². The molecule has 0 bridgehead atoms. The number of anilines is 1. The third-order valence-corrected chi connectivity index (χ3v) is 2.41. The molecule has 1 aromatic carbocycles. The summed E-state index contributed by atoms with van der Waals surface area (Å²) in [6, 6.07) is 5.55. The third kappa shape index (κ3) is 3.29. The summed E-state index contributed by atoms with van der Waals surface area (Å²) >= 11 is 6.00. The largest absolute Gasteiger partial charge is 0.495 e. The molecule has 15 heavy (non-hydrogen) atoms. The molecular formula is C11H16ClNO2. The predicted molar refractivity (Wildman–Crippen MR) is 63.0 cm³/mol. The summed E-state index contributed by atoms with van der Waals surface area (Å²) in [6.45, 7) is 2.32. The van der Waals surface area contributed by atoms with E-state index in [2.05, 4.69) is 0 Å². The van der Waals surface area contributed by atoms with Crippen LogP contribution in [0.5, 0.6) is 5.75 Å². The van der Waals surface area contributed by atoms with Gasteiger partial charge in [-0.3, -0.25) is 0 Å². The number of methoxy groups -OCH3 is 1. The van der Waals surface area contributed by atoms with Crippen molar-refractivity contribution in [2.24, 2.45) is 0 Å². The van der Waals surface area contributed by atoms with Crippen molar-refractivity contribution in [2.75, 3.05) is 25.6 Å². The SMILES string of the molecule is COc1ccc(N(C)CC(C)O)cc1Cl. The Hall–Kier alpha value is -0.930. The van der Waals surface area contributed by atoms with Gasteiger partial charge in [-0.15, -0.1) is 0 Å². The maximum Gasteiger partial charge on any atom is 0.137 e. The molecule has 0 aliphatic heterocycles. The van der Waals surface area contributed by atoms with Gasteiger partial charge < -0.3 is 14.7 Å². The van der Waals surface area contributed by atoms with Gasteiger partial charge in [-0.2, -0.15) is 0 Å². The second-order valence-electron chi connectivity index (χ2n) is 3.55. The van der Waals surface area contributed by atoms with Gasteiger partial charge in [-0.1, -0.05) is 11.6 Å². The Morgan fingerprint density at radius 3 is 2.67 bits per heavy atom. The fraction of sp³-hybridized carbons (Fsp3) is 0.455. The van der Waals surface area contributed by atoms with Crippen LogP contribution in [-0.4, -0.2) is 31.9 Å². The van der Waals surface area contributed by atoms with Gasteiger partial charge in [0.2, 0.25) is 0 Å². The minimum Gasteiger partial charge on any atom is -0.495 e. The highest BCUT2D eigenvalue weighted by Gasteiger charge is 2.07. The normalized spacial score (nSPS) is 12.3. The molecular weight excluding hydrogens is 214 g/mol. The molecule has 0 saturated heterocycles. The Bertz CT molecular complexity index is 328. The van der Waals surface area contributed by atoms with Gasteiger partial charge in [0.05, 0.1) is 18.2 Å². The van der Waals surface area contributed by atoms with Crippen LogP contribution in [0.25, 0.3) is 0 Å². The van der Waals surface area contributed by atoms with Gasteiger partial charge in [0.1, 0.15) is 5.75 Å². The minimum absolute atomic E-state index is 0.365. The predicted octanol–water partition coefficient (Wildman–Crippen LogP) is 2.17. The first-order valence-corrected chi connectivity index (χ1v) is 5.15. The molecule has 0 aliphatic rings. The van der Waals surface area contributed by atoms with E-state index in [1.54, 1.807) is 14.0 Å². The highest BCUT2D eigenvalue weighted by atomic mass is 35.5. The van der Waals surface area contributed by atoms with Crippen LogP contribution >= 0.6 is 11.6 Å². The number of aliphatic hydroxyl groups is 1. The molecule has 1 atom stereocenters. The van der Waals surface area contributed by atoms with E-state index >= 15 is 0 Å². The topological polar surface area (TPSA) is 32.7 Å². The van der Waals surface area contributed by atoms with Crippen molar-refractivity contribution in [1.29, 1.82) is 0 Å². The van der Waals surface area contributed by atoms with Crippen molar-refractivity contribution in [3.8, 4) is 5.75 Å². The number of aliphatic hydroxyl groups excluding tert-OH is 1. The quantitative estimate of drug-likeness (QED) is 0.859. The molecule has 0 heterocycles. The molecule has 1 aromatic rings. The number of benzene rings is 1. The fourth-order valence-electron chi connectivity index (χ4n) is 1.39. The number of ether oxygens (including phenoxy) is 1. The van der Waals surface area contributed by atoms with E-state index in [9.17, 15) is 5.11 Å². The molecule has 0 fully saturated rings. The summed E-state index contributed by atoms with van der Waals surface area (Å²) in [5.74, 6) is 0.658.